The molecule has 1 aliphatic heterocycles. The summed E-state index contributed by atoms with van der Waals surface area (Å²) in [6.07, 6.45) is 1.58. The average molecular weight is 385 g/mol. The Hall–Kier alpha value is -2.74. The molecule has 3 heterocycles. The zero-order valence-electron chi connectivity index (χ0n) is 15.2. The van der Waals surface area contributed by atoms with E-state index in [1.165, 1.54) is 6.07 Å². The minimum atomic E-state index is -0.384. The monoisotopic (exact) mass is 385 g/mol. The largest absolute Gasteiger partial charge is 0.375 e. The Bertz CT molecular complexity index is 981. The molecule has 0 aliphatic carbocycles. The van der Waals surface area contributed by atoms with Crippen molar-refractivity contribution in [3.8, 4) is 0 Å². The Morgan fingerprint density at radius 1 is 1.15 bits per heavy atom. The zero-order valence-corrected chi connectivity index (χ0v) is 16.0. The Morgan fingerprint density at radius 3 is 2.63 bits per heavy atom. The van der Waals surface area contributed by atoms with Crippen LogP contribution in [0.4, 0.5) is 15.9 Å². The van der Waals surface area contributed by atoms with Crippen molar-refractivity contribution in [3.05, 3.63) is 47.4 Å². The van der Waals surface area contributed by atoms with Crippen molar-refractivity contribution in [1.29, 1.82) is 0 Å². The van der Waals surface area contributed by atoms with Crippen LogP contribution in [0.3, 0.4) is 0 Å². The topological polar surface area (TPSA) is 52.6 Å². The van der Waals surface area contributed by atoms with E-state index in [4.69, 9.17) is 0 Å². The molecule has 1 amide bonds. The molecule has 4 rings (SSSR count). The quantitative estimate of drug-likeness (QED) is 0.694. The van der Waals surface area contributed by atoms with Gasteiger partial charge in [-0.05, 0) is 29.6 Å². The van der Waals surface area contributed by atoms with E-state index < -0.39 is 0 Å². The standard InChI is InChI=1S/C19H20FN5OS/c1-23(2)16-4-3-13(11-14(16)20)19(26)25-8-6-24(7-9-25)18-17-15(5-10-27-17)21-12-22-18/h3-5,10-12H,6-9H2,1-2H3. The van der Waals surface area contributed by atoms with Crippen molar-refractivity contribution in [3.63, 3.8) is 0 Å². The van der Waals surface area contributed by atoms with Crippen LogP contribution in [-0.4, -0.2) is 61.0 Å². The zero-order chi connectivity index (χ0) is 19.0. The Labute approximate surface area is 160 Å². The van der Waals surface area contributed by atoms with Gasteiger partial charge in [-0.3, -0.25) is 4.79 Å². The number of hydrogen-bond acceptors (Lipinski definition) is 6. The molecule has 1 aliphatic rings. The van der Waals surface area contributed by atoms with Crippen LogP contribution in [0.2, 0.25) is 0 Å². The lowest BCUT2D eigenvalue weighted by molar-refractivity contribution is 0.0746. The van der Waals surface area contributed by atoms with Crippen molar-refractivity contribution in [2.75, 3.05) is 50.1 Å². The van der Waals surface area contributed by atoms with E-state index in [1.54, 1.807) is 53.7 Å². The van der Waals surface area contributed by atoms with E-state index in [1.807, 2.05) is 11.4 Å². The van der Waals surface area contributed by atoms with Crippen LogP contribution in [0.1, 0.15) is 10.4 Å². The molecule has 0 N–H and O–H groups in total. The average Bonchev–Trinajstić information content (AvgIpc) is 3.16. The fourth-order valence-corrected chi connectivity index (χ4v) is 4.17. The van der Waals surface area contributed by atoms with E-state index in [-0.39, 0.29) is 11.7 Å². The third-order valence-corrected chi connectivity index (χ3v) is 5.67. The molecule has 27 heavy (non-hydrogen) atoms. The van der Waals surface area contributed by atoms with E-state index in [2.05, 4.69) is 14.9 Å². The van der Waals surface area contributed by atoms with Gasteiger partial charge in [0.1, 0.15) is 18.0 Å². The summed E-state index contributed by atoms with van der Waals surface area (Å²) in [6.45, 7) is 2.53. The van der Waals surface area contributed by atoms with E-state index in [0.29, 0.717) is 37.4 Å². The number of anilines is 2. The summed E-state index contributed by atoms with van der Waals surface area (Å²) in [4.78, 5) is 27.1. The number of nitrogens with zero attached hydrogens (tertiary/aromatic N) is 5. The number of rotatable bonds is 3. The second-order valence-corrected chi connectivity index (χ2v) is 7.59. The molecule has 0 saturated carbocycles. The lowest BCUT2D eigenvalue weighted by Crippen LogP contribution is -2.49. The summed E-state index contributed by atoms with van der Waals surface area (Å²) in [5, 5.41) is 2.01. The molecule has 3 aromatic rings. The number of piperazine rings is 1. The third-order valence-electron chi connectivity index (χ3n) is 4.77. The predicted molar refractivity (Wildman–Crippen MR) is 106 cm³/mol. The SMILES string of the molecule is CN(C)c1ccc(C(=O)N2CCN(c3ncnc4ccsc34)CC2)cc1F. The summed E-state index contributed by atoms with van der Waals surface area (Å²) in [5.41, 5.74) is 1.80. The van der Waals surface area contributed by atoms with Crippen LogP contribution >= 0.6 is 11.3 Å². The number of amides is 1. The first-order valence-corrected chi connectivity index (χ1v) is 9.62. The van der Waals surface area contributed by atoms with Gasteiger partial charge in [0.05, 0.1) is 15.9 Å². The summed E-state index contributed by atoms with van der Waals surface area (Å²) in [7, 11) is 3.55. The molecule has 8 heteroatoms. The molecule has 0 unspecified atom stereocenters. The first-order valence-electron chi connectivity index (χ1n) is 8.74. The van der Waals surface area contributed by atoms with Crippen LogP contribution in [0.5, 0.6) is 0 Å². The number of aromatic nitrogens is 2. The summed E-state index contributed by atoms with van der Waals surface area (Å²) in [6, 6.07) is 6.64. The van der Waals surface area contributed by atoms with Gasteiger partial charge in [-0.15, -0.1) is 11.3 Å². The van der Waals surface area contributed by atoms with Gasteiger partial charge in [0.2, 0.25) is 0 Å². The highest BCUT2D eigenvalue weighted by atomic mass is 32.1. The number of hydrogen-bond donors (Lipinski definition) is 0. The lowest BCUT2D eigenvalue weighted by Gasteiger charge is -2.35. The van der Waals surface area contributed by atoms with Gasteiger partial charge >= 0.3 is 0 Å². The minimum absolute atomic E-state index is 0.136. The Balaban J connectivity index is 1.47. The highest BCUT2D eigenvalue weighted by molar-refractivity contribution is 7.17. The summed E-state index contributed by atoms with van der Waals surface area (Å²) >= 11 is 1.62. The van der Waals surface area contributed by atoms with Crippen molar-refractivity contribution in [2.24, 2.45) is 0 Å². The molecule has 0 radical (unpaired) electrons. The number of fused-ring (bicyclic) bond motifs is 1. The Kier molecular flexibility index (Phi) is 4.65. The van der Waals surface area contributed by atoms with Crippen LogP contribution in [0.25, 0.3) is 10.2 Å². The maximum atomic E-state index is 14.2. The van der Waals surface area contributed by atoms with E-state index in [0.717, 1.165) is 16.0 Å². The van der Waals surface area contributed by atoms with Crippen molar-refractivity contribution in [2.45, 2.75) is 0 Å². The van der Waals surface area contributed by atoms with Gasteiger partial charge in [-0.1, -0.05) is 0 Å². The molecule has 0 bridgehead atoms. The van der Waals surface area contributed by atoms with Crippen LogP contribution in [0.15, 0.2) is 36.0 Å². The second-order valence-electron chi connectivity index (χ2n) is 6.67. The molecule has 0 atom stereocenters. The molecular formula is C19H20FN5OS. The van der Waals surface area contributed by atoms with Crippen molar-refractivity contribution >= 4 is 39.0 Å². The van der Waals surface area contributed by atoms with E-state index >= 15 is 0 Å². The normalized spacial score (nSPS) is 14.6. The van der Waals surface area contributed by atoms with Crippen LogP contribution in [0, 0.1) is 5.82 Å². The molecule has 2 aromatic heterocycles. The number of halogens is 1. The summed E-state index contributed by atoms with van der Waals surface area (Å²) in [5.74, 6) is 0.400. The number of carbonyl (C=O) groups is 1. The molecule has 0 spiro atoms. The fraction of sp³-hybridized carbons (Fsp3) is 0.316. The van der Waals surface area contributed by atoms with Crippen LogP contribution < -0.4 is 9.80 Å². The van der Waals surface area contributed by atoms with Crippen molar-refractivity contribution in [1.82, 2.24) is 14.9 Å². The minimum Gasteiger partial charge on any atom is -0.375 e. The van der Waals surface area contributed by atoms with Gasteiger partial charge in [0.15, 0.2) is 0 Å². The van der Waals surface area contributed by atoms with E-state index in [9.17, 15) is 9.18 Å². The third kappa shape index (κ3) is 3.32. The van der Waals surface area contributed by atoms with Gasteiger partial charge in [-0.2, -0.15) is 0 Å². The summed E-state index contributed by atoms with van der Waals surface area (Å²) < 4.78 is 15.3. The highest BCUT2D eigenvalue weighted by Gasteiger charge is 2.25. The molecule has 1 saturated heterocycles. The molecule has 140 valence electrons. The number of thiophene rings is 1. The maximum absolute atomic E-state index is 14.2. The van der Waals surface area contributed by atoms with Crippen LogP contribution in [-0.2, 0) is 0 Å². The molecule has 1 aromatic carbocycles. The van der Waals surface area contributed by atoms with Gasteiger partial charge in [0.25, 0.3) is 5.91 Å². The highest BCUT2D eigenvalue weighted by Crippen LogP contribution is 2.28. The second kappa shape index (κ2) is 7.11. The Morgan fingerprint density at radius 2 is 1.93 bits per heavy atom. The molecule has 1 fully saturated rings. The number of benzene rings is 1. The van der Waals surface area contributed by atoms with Crippen molar-refractivity contribution < 1.29 is 9.18 Å². The fourth-order valence-electron chi connectivity index (χ4n) is 3.31. The predicted octanol–water partition coefficient (Wildman–Crippen LogP) is 2.86. The first-order chi connectivity index (χ1) is 13.0. The lowest BCUT2D eigenvalue weighted by atomic mass is 10.1. The maximum Gasteiger partial charge on any atom is 0.254 e. The van der Waals surface area contributed by atoms with Gasteiger partial charge in [0, 0.05) is 45.8 Å². The van der Waals surface area contributed by atoms with Gasteiger partial charge in [-0.25, -0.2) is 14.4 Å². The molecular weight excluding hydrogens is 365 g/mol. The molecule has 6 nitrogen and oxygen atoms in total. The smallest absolute Gasteiger partial charge is 0.254 e. The first kappa shape index (κ1) is 17.7. The number of carbonyl (C=O) groups excluding carboxylic acids is 1. The van der Waals surface area contributed by atoms with Gasteiger partial charge < -0.3 is 14.7 Å².